The lowest BCUT2D eigenvalue weighted by Crippen LogP contribution is -1.82. The predicted molar refractivity (Wildman–Crippen MR) is 86.3 cm³/mol. The highest BCUT2D eigenvalue weighted by Crippen LogP contribution is 2.16. The molecular formula is C18H22O2. The molecule has 0 bridgehead atoms. The molecule has 0 N–H and O–H groups in total. The molecule has 0 atom stereocenters. The first-order valence-electron chi connectivity index (χ1n) is 6.78. The largest absolute Gasteiger partial charge is 0.497 e. The van der Waals surface area contributed by atoms with Crippen LogP contribution in [0, 0.1) is 0 Å². The van der Waals surface area contributed by atoms with Crippen LogP contribution < -0.4 is 9.47 Å². The number of benzene rings is 2. The molecule has 2 heteroatoms. The molecule has 0 aliphatic carbocycles. The standard InChI is InChI=1S/C16H16O2.C2H6/c1-17-15-10-8-13(9-11-15)6-7-14-4-3-5-16(12-14)18-2;1-2/h3-12H,1-2H3;1-2H3/b7-6+;. The van der Waals surface area contributed by atoms with Crippen LogP contribution in [0.3, 0.4) is 0 Å². The molecule has 20 heavy (non-hydrogen) atoms. The van der Waals surface area contributed by atoms with Crippen LogP contribution in [0.2, 0.25) is 0 Å². The maximum absolute atomic E-state index is 5.19. The van der Waals surface area contributed by atoms with Crippen molar-refractivity contribution in [3.63, 3.8) is 0 Å². The number of ether oxygens (including phenoxy) is 2. The lowest BCUT2D eigenvalue weighted by atomic mass is 10.1. The quantitative estimate of drug-likeness (QED) is 0.736. The van der Waals surface area contributed by atoms with Gasteiger partial charge in [0, 0.05) is 0 Å². The van der Waals surface area contributed by atoms with Crippen molar-refractivity contribution in [1.82, 2.24) is 0 Å². The third-order valence-corrected chi connectivity index (χ3v) is 2.68. The summed E-state index contributed by atoms with van der Waals surface area (Å²) in [5, 5.41) is 0. The summed E-state index contributed by atoms with van der Waals surface area (Å²) in [6.45, 7) is 4.00. The average molecular weight is 270 g/mol. The van der Waals surface area contributed by atoms with E-state index in [-0.39, 0.29) is 0 Å². The Balaban J connectivity index is 0.000000956. The number of hydrogen-bond donors (Lipinski definition) is 0. The van der Waals surface area contributed by atoms with Crippen LogP contribution >= 0.6 is 0 Å². The van der Waals surface area contributed by atoms with Crippen LogP contribution in [-0.4, -0.2) is 14.2 Å². The molecule has 0 amide bonds. The third kappa shape index (κ3) is 4.81. The van der Waals surface area contributed by atoms with Crippen molar-refractivity contribution in [2.45, 2.75) is 13.8 Å². The molecule has 0 unspecified atom stereocenters. The van der Waals surface area contributed by atoms with Gasteiger partial charge in [-0.2, -0.15) is 0 Å². The van der Waals surface area contributed by atoms with Gasteiger partial charge in [0.2, 0.25) is 0 Å². The van der Waals surface area contributed by atoms with Crippen LogP contribution in [0.25, 0.3) is 12.2 Å². The second-order valence-electron chi connectivity index (χ2n) is 3.88. The zero-order chi connectivity index (χ0) is 14.8. The molecule has 2 nitrogen and oxygen atoms in total. The average Bonchev–Trinajstić information content (AvgIpc) is 2.55. The summed E-state index contributed by atoms with van der Waals surface area (Å²) in [6, 6.07) is 15.9. The van der Waals surface area contributed by atoms with Gasteiger partial charge in [0.25, 0.3) is 0 Å². The van der Waals surface area contributed by atoms with Crippen molar-refractivity contribution in [3.8, 4) is 11.5 Å². The fourth-order valence-electron chi connectivity index (χ4n) is 1.65. The van der Waals surface area contributed by atoms with Crippen molar-refractivity contribution in [2.24, 2.45) is 0 Å². The van der Waals surface area contributed by atoms with Crippen molar-refractivity contribution in [3.05, 3.63) is 59.7 Å². The predicted octanol–water partition coefficient (Wildman–Crippen LogP) is 4.90. The van der Waals surface area contributed by atoms with E-state index in [1.54, 1.807) is 14.2 Å². The first-order valence-corrected chi connectivity index (χ1v) is 6.78. The Kier molecular flexibility index (Phi) is 6.97. The van der Waals surface area contributed by atoms with E-state index in [9.17, 15) is 0 Å². The van der Waals surface area contributed by atoms with E-state index in [1.165, 1.54) is 0 Å². The molecule has 0 radical (unpaired) electrons. The molecule has 2 rings (SSSR count). The maximum atomic E-state index is 5.19. The molecule has 2 aromatic carbocycles. The fraction of sp³-hybridized carbons (Fsp3) is 0.222. The maximum Gasteiger partial charge on any atom is 0.119 e. The summed E-state index contributed by atoms with van der Waals surface area (Å²) in [7, 11) is 3.34. The summed E-state index contributed by atoms with van der Waals surface area (Å²) in [4.78, 5) is 0. The van der Waals surface area contributed by atoms with Crippen LogP contribution in [0.5, 0.6) is 11.5 Å². The topological polar surface area (TPSA) is 18.5 Å². The molecule has 0 saturated carbocycles. The SMILES string of the molecule is CC.COc1ccc(/C=C/c2cccc(OC)c2)cc1. The third-order valence-electron chi connectivity index (χ3n) is 2.68. The van der Waals surface area contributed by atoms with Crippen molar-refractivity contribution >= 4 is 12.2 Å². The van der Waals surface area contributed by atoms with E-state index in [0.29, 0.717) is 0 Å². The van der Waals surface area contributed by atoms with Gasteiger partial charge in [-0.3, -0.25) is 0 Å². The summed E-state index contributed by atoms with van der Waals surface area (Å²) >= 11 is 0. The first kappa shape index (κ1) is 15.8. The van der Waals surface area contributed by atoms with Crippen molar-refractivity contribution in [2.75, 3.05) is 14.2 Å². The summed E-state index contributed by atoms with van der Waals surface area (Å²) in [6.07, 6.45) is 4.12. The molecule has 106 valence electrons. The lowest BCUT2D eigenvalue weighted by molar-refractivity contribution is 0.414. The van der Waals surface area contributed by atoms with Gasteiger partial charge in [0.1, 0.15) is 11.5 Å². The summed E-state index contributed by atoms with van der Waals surface area (Å²) < 4.78 is 10.3. The second-order valence-corrected chi connectivity index (χ2v) is 3.88. The van der Waals surface area contributed by atoms with Crippen LogP contribution in [-0.2, 0) is 0 Å². The Labute approximate surface area is 121 Å². The number of hydrogen-bond acceptors (Lipinski definition) is 2. The molecule has 0 fully saturated rings. The summed E-state index contributed by atoms with van der Waals surface area (Å²) in [5.41, 5.74) is 2.25. The van der Waals surface area contributed by atoms with Crippen molar-refractivity contribution in [1.29, 1.82) is 0 Å². The normalized spacial score (nSPS) is 9.80. The van der Waals surface area contributed by atoms with Gasteiger partial charge in [-0.25, -0.2) is 0 Å². The van der Waals surface area contributed by atoms with Gasteiger partial charge in [-0.15, -0.1) is 0 Å². The fourth-order valence-corrected chi connectivity index (χ4v) is 1.65. The van der Waals surface area contributed by atoms with Crippen LogP contribution in [0.1, 0.15) is 25.0 Å². The smallest absolute Gasteiger partial charge is 0.119 e. The Morgan fingerprint density at radius 2 is 1.30 bits per heavy atom. The van der Waals surface area contributed by atoms with E-state index in [0.717, 1.165) is 22.6 Å². The van der Waals surface area contributed by atoms with E-state index < -0.39 is 0 Å². The second kappa shape index (κ2) is 8.81. The highest BCUT2D eigenvalue weighted by molar-refractivity contribution is 5.70. The van der Waals surface area contributed by atoms with Gasteiger partial charge in [0.15, 0.2) is 0 Å². The lowest BCUT2D eigenvalue weighted by Gasteiger charge is -2.01. The molecule has 0 saturated heterocycles. The molecule has 0 aliphatic rings. The van der Waals surface area contributed by atoms with E-state index in [4.69, 9.17) is 9.47 Å². The Hall–Kier alpha value is -2.22. The molecule has 0 spiro atoms. The first-order chi connectivity index (χ1) is 9.81. The summed E-state index contributed by atoms with van der Waals surface area (Å²) in [5.74, 6) is 1.74. The van der Waals surface area contributed by atoms with Gasteiger partial charge in [-0.05, 0) is 35.4 Å². The highest BCUT2D eigenvalue weighted by Gasteiger charge is 1.93. The van der Waals surface area contributed by atoms with E-state index in [2.05, 4.69) is 12.2 Å². The zero-order valence-electron chi connectivity index (χ0n) is 12.6. The van der Waals surface area contributed by atoms with Crippen LogP contribution in [0.15, 0.2) is 48.5 Å². The Bertz CT molecular complexity index is 527. The number of methoxy groups -OCH3 is 2. The molecule has 0 heterocycles. The minimum absolute atomic E-state index is 0.867. The van der Waals surface area contributed by atoms with Gasteiger partial charge < -0.3 is 9.47 Å². The molecule has 0 aliphatic heterocycles. The minimum atomic E-state index is 0.867. The molecular weight excluding hydrogens is 248 g/mol. The Morgan fingerprint density at radius 1 is 0.700 bits per heavy atom. The number of rotatable bonds is 4. The van der Waals surface area contributed by atoms with Gasteiger partial charge >= 0.3 is 0 Å². The van der Waals surface area contributed by atoms with E-state index in [1.807, 2.05) is 62.4 Å². The Morgan fingerprint density at radius 3 is 1.90 bits per heavy atom. The minimum Gasteiger partial charge on any atom is -0.497 e. The van der Waals surface area contributed by atoms with Crippen LogP contribution in [0.4, 0.5) is 0 Å². The van der Waals surface area contributed by atoms with Crippen molar-refractivity contribution < 1.29 is 9.47 Å². The zero-order valence-corrected chi connectivity index (χ0v) is 12.6. The highest BCUT2D eigenvalue weighted by atomic mass is 16.5. The molecule has 2 aromatic rings. The van der Waals surface area contributed by atoms with E-state index >= 15 is 0 Å². The van der Waals surface area contributed by atoms with Gasteiger partial charge in [0.05, 0.1) is 14.2 Å². The molecule has 0 aromatic heterocycles. The monoisotopic (exact) mass is 270 g/mol. The van der Waals surface area contributed by atoms with Gasteiger partial charge in [-0.1, -0.05) is 50.3 Å².